The van der Waals surface area contributed by atoms with Crippen molar-refractivity contribution in [2.45, 2.75) is 25.0 Å². The number of aromatic nitrogens is 1. The molecule has 28 heavy (non-hydrogen) atoms. The maximum atomic E-state index is 13.2. The van der Waals surface area contributed by atoms with Crippen LogP contribution in [0, 0.1) is 35.3 Å². The number of pyridine rings is 1. The number of alkyl halides is 3. The molecular formula is C17H13F3N4O3S. The lowest BCUT2D eigenvalue weighted by atomic mass is 10.1. The molecule has 11 heteroatoms. The summed E-state index contributed by atoms with van der Waals surface area (Å²) in [4.78, 5) is 26.0. The first-order valence-corrected chi connectivity index (χ1v) is 8.68. The van der Waals surface area contributed by atoms with Gasteiger partial charge in [0.15, 0.2) is 0 Å². The average molecular weight is 410 g/mol. The Labute approximate surface area is 161 Å². The van der Waals surface area contributed by atoms with Gasteiger partial charge in [0.25, 0.3) is 5.69 Å². The van der Waals surface area contributed by atoms with Crippen LogP contribution in [0.15, 0.2) is 29.3 Å². The fourth-order valence-electron chi connectivity index (χ4n) is 2.35. The highest BCUT2D eigenvalue weighted by Crippen LogP contribution is 2.37. The van der Waals surface area contributed by atoms with Gasteiger partial charge in [0.05, 0.1) is 27.5 Å². The van der Waals surface area contributed by atoms with Gasteiger partial charge in [-0.3, -0.25) is 14.9 Å². The third-order valence-electron chi connectivity index (χ3n) is 3.56. The molecular weight excluding hydrogens is 397 g/mol. The number of nitriles is 1. The second-order valence-electron chi connectivity index (χ2n) is 5.69. The number of carbonyl (C=O) groups excluding carboxylic acids is 1. The number of anilines is 1. The summed E-state index contributed by atoms with van der Waals surface area (Å²) in [5.74, 6) is -1.06. The summed E-state index contributed by atoms with van der Waals surface area (Å²) in [7, 11) is 0. The van der Waals surface area contributed by atoms with Crippen molar-refractivity contribution >= 4 is 29.0 Å². The summed E-state index contributed by atoms with van der Waals surface area (Å²) < 4.78 is 39.5. The number of amides is 1. The Bertz CT molecular complexity index is 987. The Morgan fingerprint density at radius 1 is 1.36 bits per heavy atom. The predicted molar refractivity (Wildman–Crippen MR) is 95.9 cm³/mol. The molecule has 0 saturated carbocycles. The number of hydrogen-bond acceptors (Lipinski definition) is 6. The number of nitrogens with one attached hydrogen (secondary N) is 1. The molecule has 0 bridgehead atoms. The molecule has 0 unspecified atom stereocenters. The highest BCUT2D eigenvalue weighted by atomic mass is 32.2. The first-order valence-electron chi connectivity index (χ1n) is 7.69. The van der Waals surface area contributed by atoms with E-state index in [1.54, 1.807) is 19.9 Å². The highest BCUT2D eigenvalue weighted by Gasteiger charge is 2.35. The van der Waals surface area contributed by atoms with Crippen LogP contribution in [0.5, 0.6) is 0 Å². The van der Waals surface area contributed by atoms with E-state index in [1.807, 2.05) is 6.07 Å². The molecule has 0 aliphatic carbocycles. The van der Waals surface area contributed by atoms with Crippen molar-refractivity contribution < 1.29 is 22.9 Å². The van der Waals surface area contributed by atoms with Crippen LogP contribution in [-0.4, -0.2) is 21.6 Å². The standard InChI is InChI=1S/C17H13F3N4O3S/c1-9-5-10(2)22-16(12(9)7-21)28-8-15(25)23-14-4-3-11(24(26)27)6-13(14)17(18,19)20/h3-6H,8H2,1-2H3,(H,23,25). The minimum atomic E-state index is -4.88. The summed E-state index contributed by atoms with van der Waals surface area (Å²) in [6, 6.07) is 5.75. The summed E-state index contributed by atoms with van der Waals surface area (Å²) in [6.45, 7) is 3.43. The fraction of sp³-hybridized carbons (Fsp3) is 0.235. The van der Waals surface area contributed by atoms with Crippen molar-refractivity contribution in [3.05, 3.63) is 56.8 Å². The summed E-state index contributed by atoms with van der Waals surface area (Å²) in [5, 5.41) is 22.3. The Balaban J connectivity index is 2.21. The van der Waals surface area contributed by atoms with E-state index in [2.05, 4.69) is 10.3 Å². The van der Waals surface area contributed by atoms with Crippen molar-refractivity contribution in [3.63, 3.8) is 0 Å². The van der Waals surface area contributed by atoms with Gasteiger partial charge in [0.1, 0.15) is 11.1 Å². The molecule has 0 aliphatic rings. The van der Waals surface area contributed by atoms with E-state index in [9.17, 15) is 33.3 Å². The molecule has 0 spiro atoms. The van der Waals surface area contributed by atoms with Gasteiger partial charge in [-0.1, -0.05) is 11.8 Å². The van der Waals surface area contributed by atoms with Crippen LogP contribution in [-0.2, 0) is 11.0 Å². The zero-order chi connectivity index (χ0) is 21.1. The maximum Gasteiger partial charge on any atom is 0.418 e. The van der Waals surface area contributed by atoms with Crippen molar-refractivity contribution in [2.24, 2.45) is 0 Å². The topological polar surface area (TPSA) is 109 Å². The number of rotatable bonds is 5. The lowest BCUT2D eigenvalue weighted by molar-refractivity contribution is -0.385. The molecule has 0 radical (unpaired) electrons. The van der Waals surface area contributed by atoms with E-state index < -0.39 is 33.9 Å². The lowest BCUT2D eigenvalue weighted by Gasteiger charge is -2.13. The molecule has 1 N–H and O–H groups in total. The van der Waals surface area contributed by atoms with Crippen LogP contribution in [0.25, 0.3) is 0 Å². The third kappa shape index (κ3) is 4.98. The van der Waals surface area contributed by atoms with Crippen LogP contribution in [0.2, 0.25) is 0 Å². The van der Waals surface area contributed by atoms with Gasteiger partial charge >= 0.3 is 6.18 Å². The van der Waals surface area contributed by atoms with E-state index in [4.69, 9.17) is 0 Å². The normalized spacial score (nSPS) is 11.0. The molecule has 0 fully saturated rings. The number of thioether (sulfide) groups is 1. The molecule has 1 amide bonds. The van der Waals surface area contributed by atoms with E-state index in [-0.39, 0.29) is 11.3 Å². The Hall–Kier alpha value is -3.13. The second kappa shape index (κ2) is 8.26. The maximum absolute atomic E-state index is 13.2. The number of aryl methyl sites for hydroxylation is 2. The molecule has 0 aliphatic heterocycles. The Morgan fingerprint density at radius 3 is 2.61 bits per heavy atom. The van der Waals surface area contributed by atoms with Gasteiger partial charge < -0.3 is 5.32 Å². The van der Waals surface area contributed by atoms with Gasteiger partial charge in [-0.25, -0.2) is 4.98 Å². The number of carbonyl (C=O) groups is 1. The van der Waals surface area contributed by atoms with Crippen molar-refractivity contribution in [3.8, 4) is 6.07 Å². The zero-order valence-electron chi connectivity index (χ0n) is 14.6. The number of halogens is 3. The Kier molecular flexibility index (Phi) is 6.25. The molecule has 1 aromatic carbocycles. The number of non-ortho nitro benzene ring substituents is 1. The molecule has 1 heterocycles. The van der Waals surface area contributed by atoms with Crippen LogP contribution in [0.4, 0.5) is 24.5 Å². The monoisotopic (exact) mass is 410 g/mol. The van der Waals surface area contributed by atoms with Crippen LogP contribution in [0.1, 0.15) is 22.4 Å². The molecule has 1 aromatic heterocycles. The van der Waals surface area contributed by atoms with Crippen LogP contribution in [0.3, 0.4) is 0 Å². The number of hydrogen-bond donors (Lipinski definition) is 1. The van der Waals surface area contributed by atoms with Gasteiger partial charge in [-0.05, 0) is 31.5 Å². The van der Waals surface area contributed by atoms with Crippen LogP contribution >= 0.6 is 11.8 Å². The largest absolute Gasteiger partial charge is 0.418 e. The number of nitrogens with zero attached hydrogens (tertiary/aromatic N) is 3. The molecule has 2 aromatic rings. The molecule has 7 nitrogen and oxygen atoms in total. The highest BCUT2D eigenvalue weighted by molar-refractivity contribution is 8.00. The number of benzene rings is 1. The van der Waals surface area contributed by atoms with E-state index in [0.29, 0.717) is 22.3 Å². The first kappa shape index (κ1) is 21.2. The minimum Gasteiger partial charge on any atom is -0.325 e. The smallest absolute Gasteiger partial charge is 0.325 e. The van der Waals surface area contributed by atoms with Gasteiger partial charge in [-0.15, -0.1) is 0 Å². The molecule has 0 saturated heterocycles. The molecule has 2 rings (SSSR count). The minimum absolute atomic E-state index is 0.287. The van der Waals surface area contributed by atoms with E-state index in [0.717, 1.165) is 23.9 Å². The second-order valence-corrected chi connectivity index (χ2v) is 6.66. The molecule has 0 atom stereocenters. The quantitative estimate of drug-likeness (QED) is 0.449. The number of nitro groups is 1. The van der Waals surface area contributed by atoms with Crippen molar-refractivity contribution in [1.29, 1.82) is 5.26 Å². The first-order chi connectivity index (χ1) is 13.0. The fourth-order valence-corrected chi connectivity index (χ4v) is 3.25. The lowest BCUT2D eigenvalue weighted by Crippen LogP contribution is -2.18. The summed E-state index contributed by atoms with van der Waals surface area (Å²) in [5.41, 5.74) is -1.05. The summed E-state index contributed by atoms with van der Waals surface area (Å²) in [6.07, 6.45) is -4.88. The van der Waals surface area contributed by atoms with Gasteiger partial charge in [0.2, 0.25) is 5.91 Å². The SMILES string of the molecule is Cc1cc(C)c(C#N)c(SCC(=O)Nc2ccc([N+](=O)[O-])cc2C(F)(F)F)n1. The van der Waals surface area contributed by atoms with E-state index >= 15 is 0 Å². The van der Waals surface area contributed by atoms with E-state index in [1.165, 1.54) is 0 Å². The Morgan fingerprint density at radius 2 is 2.04 bits per heavy atom. The van der Waals surface area contributed by atoms with Crippen molar-refractivity contribution in [1.82, 2.24) is 4.98 Å². The summed E-state index contributed by atoms with van der Waals surface area (Å²) >= 11 is 0.914. The number of nitro benzene ring substituents is 1. The van der Waals surface area contributed by atoms with Crippen LogP contribution < -0.4 is 5.32 Å². The zero-order valence-corrected chi connectivity index (χ0v) is 15.4. The predicted octanol–water partition coefficient (Wildman–Crippen LogP) is 4.23. The third-order valence-corrected chi connectivity index (χ3v) is 4.53. The average Bonchev–Trinajstić information content (AvgIpc) is 2.58. The van der Waals surface area contributed by atoms with Gasteiger partial charge in [0, 0.05) is 17.8 Å². The molecule has 146 valence electrons. The van der Waals surface area contributed by atoms with Crippen molar-refractivity contribution in [2.75, 3.05) is 11.1 Å². The van der Waals surface area contributed by atoms with Gasteiger partial charge in [-0.2, -0.15) is 18.4 Å².